The molecule has 0 aromatic carbocycles. The highest BCUT2D eigenvalue weighted by Gasteiger charge is 2.20. The van der Waals surface area contributed by atoms with Crippen molar-refractivity contribution in [3.63, 3.8) is 0 Å². The van der Waals surface area contributed by atoms with Crippen molar-refractivity contribution in [2.45, 2.75) is 20.3 Å². The van der Waals surface area contributed by atoms with Crippen LogP contribution >= 0.6 is 0 Å². The summed E-state index contributed by atoms with van der Waals surface area (Å²) in [6, 6.07) is 6.13. The van der Waals surface area contributed by atoms with Crippen molar-refractivity contribution in [1.29, 1.82) is 0 Å². The minimum absolute atomic E-state index is 0.817. The first kappa shape index (κ1) is 16.5. The number of imidazole rings is 1. The third kappa shape index (κ3) is 3.24. The van der Waals surface area contributed by atoms with Gasteiger partial charge in [0.2, 0.25) is 5.95 Å². The molecule has 134 valence electrons. The smallest absolute Gasteiger partial charge is 0.225 e. The van der Waals surface area contributed by atoms with E-state index in [0.29, 0.717) is 0 Å². The molecule has 0 spiro atoms. The molecule has 0 N–H and O–H groups in total. The highest BCUT2D eigenvalue weighted by molar-refractivity contribution is 5.45. The van der Waals surface area contributed by atoms with Crippen LogP contribution in [-0.4, -0.2) is 50.7 Å². The largest absolute Gasteiger partial charge is 0.353 e. The fourth-order valence-corrected chi connectivity index (χ4v) is 3.17. The number of nitrogens with zero attached hydrogens (tertiary/aromatic N) is 7. The Hall–Kier alpha value is -2.96. The van der Waals surface area contributed by atoms with Crippen LogP contribution in [0.15, 0.2) is 43.0 Å². The molecule has 0 radical (unpaired) electrons. The molecule has 0 atom stereocenters. The second-order valence-corrected chi connectivity index (χ2v) is 6.42. The van der Waals surface area contributed by atoms with E-state index < -0.39 is 0 Å². The van der Waals surface area contributed by atoms with Gasteiger partial charge >= 0.3 is 0 Å². The average molecular weight is 349 g/mol. The minimum atomic E-state index is 0.817. The van der Waals surface area contributed by atoms with Crippen LogP contribution in [0.1, 0.15) is 18.3 Å². The molecule has 26 heavy (non-hydrogen) atoms. The lowest BCUT2D eigenvalue weighted by Crippen LogP contribution is -2.47. The number of anilines is 2. The predicted molar refractivity (Wildman–Crippen MR) is 102 cm³/mol. The van der Waals surface area contributed by atoms with E-state index in [0.717, 1.165) is 56.0 Å². The van der Waals surface area contributed by atoms with Gasteiger partial charge in [-0.1, -0.05) is 13.0 Å². The van der Waals surface area contributed by atoms with E-state index in [1.807, 2.05) is 36.1 Å². The van der Waals surface area contributed by atoms with Crippen LogP contribution in [0.3, 0.4) is 0 Å². The Balaban J connectivity index is 1.45. The Morgan fingerprint density at radius 1 is 0.923 bits per heavy atom. The average Bonchev–Trinajstić information content (AvgIpc) is 3.14. The zero-order chi connectivity index (χ0) is 17.9. The van der Waals surface area contributed by atoms with Gasteiger partial charge < -0.3 is 9.80 Å². The molecule has 1 saturated heterocycles. The van der Waals surface area contributed by atoms with Crippen LogP contribution in [0.25, 0.3) is 5.82 Å². The Bertz CT molecular complexity index is 864. The Morgan fingerprint density at radius 3 is 2.27 bits per heavy atom. The van der Waals surface area contributed by atoms with Crippen LogP contribution in [0.4, 0.5) is 11.8 Å². The third-order valence-corrected chi connectivity index (χ3v) is 4.78. The predicted octanol–water partition coefficient (Wildman–Crippen LogP) is 2.25. The topological polar surface area (TPSA) is 63.0 Å². The van der Waals surface area contributed by atoms with Gasteiger partial charge in [0.1, 0.15) is 17.5 Å². The molecule has 1 fully saturated rings. The Morgan fingerprint density at radius 2 is 1.62 bits per heavy atom. The van der Waals surface area contributed by atoms with Gasteiger partial charge in [0, 0.05) is 51.0 Å². The first-order chi connectivity index (χ1) is 12.7. The summed E-state index contributed by atoms with van der Waals surface area (Å²) in [6.45, 7) is 7.68. The molecule has 0 bridgehead atoms. The number of hydrogen-bond acceptors (Lipinski definition) is 6. The Kier molecular flexibility index (Phi) is 4.51. The van der Waals surface area contributed by atoms with Gasteiger partial charge in [-0.05, 0) is 31.0 Å². The molecule has 7 heteroatoms. The molecular weight excluding hydrogens is 326 g/mol. The maximum absolute atomic E-state index is 4.82. The lowest BCUT2D eigenvalue weighted by atomic mass is 10.3. The van der Waals surface area contributed by atoms with Crippen molar-refractivity contribution in [3.05, 3.63) is 54.4 Å². The molecule has 0 amide bonds. The molecule has 3 aromatic rings. The lowest BCUT2D eigenvalue weighted by Gasteiger charge is -2.35. The number of pyridine rings is 1. The van der Waals surface area contributed by atoms with Gasteiger partial charge in [-0.25, -0.2) is 19.9 Å². The van der Waals surface area contributed by atoms with Crippen LogP contribution in [0.5, 0.6) is 0 Å². The monoisotopic (exact) mass is 349 g/mol. The van der Waals surface area contributed by atoms with Crippen LogP contribution in [-0.2, 0) is 6.42 Å². The molecule has 1 aliphatic heterocycles. The highest BCUT2D eigenvalue weighted by Crippen LogP contribution is 2.18. The molecule has 0 aliphatic carbocycles. The van der Waals surface area contributed by atoms with Crippen LogP contribution < -0.4 is 9.80 Å². The summed E-state index contributed by atoms with van der Waals surface area (Å²) in [7, 11) is 0. The summed E-state index contributed by atoms with van der Waals surface area (Å²) in [6.07, 6.45) is 8.55. The van der Waals surface area contributed by atoms with Crippen molar-refractivity contribution in [1.82, 2.24) is 24.5 Å². The van der Waals surface area contributed by atoms with E-state index in [-0.39, 0.29) is 0 Å². The fourth-order valence-electron chi connectivity index (χ4n) is 3.17. The zero-order valence-electron chi connectivity index (χ0n) is 15.2. The molecule has 3 aromatic heterocycles. The van der Waals surface area contributed by atoms with E-state index in [1.165, 1.54) is 5.56 Å². The summed E-state index contributed by atoms with van der Waals surface area (Å²) in [5.74, 6) is 3.65. The minimum Gasteiger partial charge on any atom is -0.353 e. The molecule has 4 heterocycles. The molecule has 7 nitrogen and oxygen atoms in total. The molecule has 0 unspecified atom stereocenters. The van der Waals surface area contributed by atoms with Gasteiger partial charge in [-0.2, -0.15) is 0 Å². The number of rotatable bonds is 4. The van der Waals surface area contributed by atoms with Crippen molar-refractivity contribution in [3.8, 4) is 5.82 Å². The Labute approximate surface area is 153 Å². The number of hydrogen-bond donors (Lipinski definition) is 0. The number of aromatic nitrogens is 5. The van der Waals surface area contributed by atoms with Gasteiger partial charge in [-0.3, -0.25) is 4.57 Å². The first-order valence-corrected chi connectivity index (χ1v) is 9.03. The lowest BCUT2D eigenvalue weighted by molar-refractivity contribution is 0.633. The SMILES string of the molecule is CCc1cnc(N2CCN(c3cccc(-n4ccnc4C)n3)CC2)nc1. The second kappa shape index (κ2) is 7.11. The first-order valence-electron chi connectivity index (χ1n) is 9.03. The van der Waals surface area contributed by atoms with Crippen molar-refractivity contribution in [2.75, 3.05) is 36.0 Å². The van der Waals surface area contributed by atoms with E-state index in [4.69, 9.17) is 4.98 Å². The van der Waals surface area contributed by atoms with Crippen molar-refractivity contribution < 1.29 is 0 Å². The molecule has 1 aliphatic rings. The van der Waals surface area contributed by atoms with E-state index in [1.54, 1.807) is 6.20 Å². The quantitative estimate of drug-likeness (QED) is 0.720. The molecule has 0 saturated carbocycles. The standard InChI is InChI=1S/C19H23N7/c1-3-16-13-21-19(22-14-16)25-11-9-24(10-12-25)17-5-4-6-18(23-17)26-8-7-20-15(26)2/h4-8,13-14H,3,9-12H2,1-2H3. The van der Waals surface area contributed by atoms with E-state index in [2.05, 4.69) is 43.8 Å². The van der Waals surface area contributed by atoms with Gasteiger partial charge in [-0.15, -0.1) is 0 Å². The van der Waals surface area contributed by atoms with Gasteiger partial charge in [0.25, 0.3) is 0 Å². The summed E-state index contributed by atoms with van der Waals surface area (Å²) in [5, 5.41) is 0. The summed E-state index contributed by atoms with van der Waals surface area (Å²) in [5.41, 5.74) is 1.17. The number of aryl methyl sites for hydroxylation is 2. The summed E-state index contributed by atoms with van der Waals surface area (Å²) < 4.78 is 2.00. The van der Waals surface area contributed by atoms with Crippen molar-refractivity contribution >= 4 is 11.8 Å². The van der Waals surface area contributed by atoms with Crippen molar-refractivity contribution in [2.24, 2.45) is 0 Å². The van der Waals surface area contributed by atoms with Crippen LogP contribution in [0, 0.1) is 6.92 Å². The van der Waals surface area contributed by atoms with Gasteiger partial charge in [0.05, 0.1) is 0 Å². The van der Waals surface area contributed by atoms with Crippen LogP contribution in [0.2, 0.25) is 0 Å². The normalized spacial score (nSPS) is 14.7. The maximum Gasteiger partial charge on any atom is 0.225 e. The molecular formula is C19H23N7. The summed E-state index contributed by atoms with van der Waals surface area (Å²) in [4.78, 5) is 22.6. The third-order valence-electron chi connectivity index (χ3n) is 4.78. The number of piperazine rings is 1. The maximum atomic E-state index is 4.82. The summed E-state index contributed by atoms with van der Waals surface area (Å²) >= 11 is 0. The second-order valence-electron chi connectivity index (χ2n) is 6.42. The highest BCUT2D eigenvalue weighted by atomic mass is 15.3. The fraction of sp³-hybridized carbons (Fsp3) is 0.368. The molecule has 4 rings (SSSR count). The van der Waals surface area contributed by atoms with E-state index in [9.17, 15) is 0 Å². The van der Waals surface area contributed by atoms with E-state index >= 15 is 0 Å². The zero-order valence-corrected chi connectivity index (χ0v) is 15.2. The van der Waals surface area contributed by atoms with Gasteiger partial charge in [0.15, 0.2) is 0 Å².